The van der Waals surface area contributed by atoms with E-state index in [1.54, 1.807) is 0 Å². The van der Waals surface area contributed by atoms with E-state index in [0.29, 0.717) is 0 Å². The van der Waals surface area contributed by atoms with Crippen LogP contribution in [0.3, 0.4) is 0 Å². The molecule has 17 heavy (non-hydrogen) atoms. The normalized spacial score (nSPS) is 11.2. The van der Waals surface area contributed by atoms with Gasteiger partial charge in [-0.15, -0.1) is 0 Å². The van der Waals surface area contributed by atoms with Crippen molar-refractivity contribution >= 4 is 0 Å². The van der Waals surface area contributed by atoms with E-state index in [2.05, 4.69) is 4.74 Å². The van der Waals surface area contributed by atoms with E-state index < -0.39 is 40.4 Å². The Bertz CT molecular complexity index is 477. The van der Waals surface area contributed by atoms with E-state index in [1.807, 2.05) is 0 Å². The van der Waals surface area contributed by atoms with Gasteiger partial charge in [-0.1, -0.05) is 0 Å². The van der Waals surface area contributed by atoms with Crippen LogP contribution in [0.15, 0.2) is 0 Å². The molecule has 0 heterocycles. The largest absolute Gasteiger partial charge is 0.467 e. The molecule has 0 aliphatic carbocycles. The minimum atomic E-state index is -2.28. The van der Waals surface area contributed by atoms with Gasteiger partial charge in [0.1, 0.15) is 6.07 Å². The van der Waals surface area contributed by atoms with Crippen molar-refractivity contribution < 1.29 is 26.7 Å². The standard InChI is InChI=1S/C10H6F5NO/c1-10(2,3-16)17-9-7(14)5(12)4(11)6(13)8(9)15/h1-2H3. The summed E-state index contributed by atoms with van der Waals surface area (Å²) >= 11 is 0. The monoisotopic (exact) mass is 251 g/mol. The number of hydrogen-bond acceptors (Lipinski definition) is 2. The van der Waals surface area contributed by atoms with Crippen molar-refractivity contribution in [2.24, 2.45) is 0 Å². The molecule has 0 saturated carbocycles. The highest BCUT2D eigenvalue weighted by Gasteiger charge is 2.31. The summed E-state index contributed by atoms with van der Waals surface area (Å²) in [5.41, 5.74) is -1.72. The Balaban J connectivity index is 3.41. The lowest BCUT2D eigenvalue weighted by Crippen LogP contribution is -2.27. The topological polar surface area (TPSA) is 33.0 Å². The minimum Gasteiger partial charge on any atom is -0.467 e. The molecular formula is C10H6F5NO. The Morgan fingerprint density at radius 1 is 0.882 bits per heavy atom. The lowest BCUT2D eigenvalue weighted by molar-refractivity contribution is 0.147. The average molecular weight is 251 g/mol. The van der Waals surface area contributed by atoms with Crippen LogP contribution in [0.25, 0.3) is 0 Å². The number of ether oxygens (including phenoxy) is 1. The van der Waals surface area contributed by atoms with Gasteiger partial charge in [-0.25, -0.2) is 13.2 Å². The fraction of sp³-hybridized carbons (Fsp3) is 0.300. The summed E-state index contributed by atoms with van der Waals surface area (Å²) in [6.45, 7) is 2.23. The predicted octanol–water partition coefficient (Wildman–Crippen LogP) is 3.06. The molecule has 0 aliphatic heterocycles. The van der Waals surface area contributed by atoms with Crippen molar-refractivity contribution in [2.75, 3.05) is 0 Å². The fourth-order valence-electron chi connectivity index (χ4n) is 0.952. The van der Waals surface area contributed by atoms with Gasteiger partial charge in [0, 0.05) is 0 Å². The van der Waals surface area contributed by atoms with Crippen LogP contribution in [0.1, 0.15) is 13.8 Å². The summed E-state index contributed by atoms with van der Waals surface area (Å²) in [5.74, 6) is -12.2. The summed E-state index contributed by atoms with van der Waals surface area (Å²) in [4.78, 5) is 0. The molecule has 0 saturated heterocycles. The molecule has 2 nitrogen and oxygen atoms in total. The SMILES string of the molecule is CC(C)(C#N)Oc1c(F)c(F)c(F)c(F)c1F. The fourth-order valence-corrected chi connectivity index (χ4v) is 0.952. The molecular weight excluding hydrogens is 245 g/mol. The quantitative estimate of drug-likeness (QED) is 0.459. The van der Waals surface area contributed by atoms with Gasteiger partial charge in [0.25, 0.3) is 0 Å². The van der Waals surface area contributed by atoms with Gasteiger partial charge in [0.2, 0.25) is 29.1 Å². The van der Waals surface area contributed by atoms with Crippen LogP contribution in [0.2, 0.25) is 0 Å². The molecule has 1 rings (SSSR count). The maximum Gasteiger partial charge on any atom is 0.207 e. The minimum absolute atomic E-state index is 1.12. The van der Waals surface area contributed by atoms with Crippen molar-refractivity contribution in [3.8, 4) is 11.8 Å². The molecule has 0 amide bonds. The zero-order valence-corrected chi connectivity index (χ0v) is 8.75. The molecule has 1 aromatic carbocycles. The first-order valence-electron chi connectivity index (χ1n) is 4.33. The van der Waals surface area contributed by atoms with Crippen LogP contribution in [-0.2, 0) is 0 Å². The summed E-state index contributed by atoms with van der Waals surface area (Å²) in [7, 11) is 0. The molecule has 0 aliphatic rings. The second-order valence-electron chi connectivity index (χ2n) is 3.62. The zero-order valence-electron chi connectivity index (χ0n) is 8.75. The first-order valence-corrected chi connectivity index (χ1v) is 4.33. The van der Waals surface area contributed by atoms with E-state index in [0.717, 1.165) is 13.8 Å². The van der Waals surface area contributed by atoms with Gasteiger partial charge in [0.05, 0.1) is 0 Å². The van der Waals surface area contributed by atoms with E-state index >= 15 is 0 Å². The Morgan fingerprint density at radius 3 is 1.59 bits per heavy atom. The maximum absolute atomic E-state index is 13.1. The molecule has 7 heteroatoms. The highest BCUT2D eigenvalue weighted by atomic mass is 19.2. The summed E-state index contributed by atoms with van der Waals surface area (Å²) in [6.07, 6.45) is 0. The Kier molecular flexibility index (Phi) is 3.27. The predicted molar refractivity (Wildman–Crippen MR) is 46.6 cm³/mol. The Morgan fingerprint density at radius 2 is 1.24 bits per heavy atom. The highest BCUT2D eigenvalue weighted by molar-refractivity contribution is 5.31. The summed E-state index contributed by atoms with van der Waals surface area (Å²) in [6, 6.07) is 1.50. The van der Waals surface area contributed by atoms with Gasteiger partial charge < -0.3 is 4.74 Å². The van der Waals surface area contributed by atoms with Gasteiger partial charge in [0.15, 0.2) is 11.4 Å². The number of rotatable bonds is 2. The maximum atomic E-state index is 13.1. The van der Waals surface area contributed by atoms with Crippen LogP contribution < -0.4 is 4.74 Å². The Hall–Kier alpha value is -1.84. The number of nitriles is 1. The van der Waals surface area contributed by atoms with Gasteiger partial charge >= 0.3 is 0 Å². The smallest absolute Gasteiger partial charge is 0.207 e. The highest BCUT2D eigenvalue weighted by Crippen LogP contribution is 2.31. The molecule has 92 valence electrons. The molecule has 1 aromatic rings. The van der Waals surface area contributed by atoms with Crippen molar-refractivity contribution in [2.45, 2.75) is 19.4 Å². The van der Waals surface area contributed by atoms with Gasteiger partial charge in [-0.3, -0.25) is 0 Å². The third-order valence-corrected chi connectivity index (χ3v) is 1.80. The number of nitrogens with zero attached hydrogens (tertiary/aromatic N) is 1. The lowest BCUT2D eigenvalue weighted by Gasteiger charge is -2.19. The molecule has 0 spiro atoms. The molecule has 0 radical (unpaired) electrons. The number of hydrogen-bond donors (Lipinski definition) is 0. The van der Waals surface area contributed by atoms with E-state index in [1.165, 1.54) is 6.07 Å². The molecule has 0 atom stereocenters. The second kappa shape index (κ2) is 4.20. The summed E-state index contributed by atoms with van der Waals surface area (Å²) in [5, 5.41) is 8.55. The van der Waals surface area contributed by atoms with E-state index in [-0.39, 0.29) is 0 Å². The van der Waals surface area contributed by atoms with Crippen molar-refractivity contribution in [1.82, 2.24) is 0 Å². The third kappa shape index (κ3) is 2.30. The van der Waals surface area contributed by atoms with E-state index in [9.17, 15) is 22.0 Å². The number of benzene rings is 1. The van der Waals surface area contributed by atoms with Crippen LogP contribution in [0.4, 0.5) is 22.0 Å². The first-order chi connectivity index (χ1) is 7.71. The molecule has 0 bridgehead atoms. The van der Waals surface area contributed by atoms with Crippen LogP contribution in [0, 0.1) is 40.4 Å². The molecule has 0 N–H and O–H groups in total. The Labute approximate surface area is 93.2 Å². The lowest BCUT2D eigenvalue weighted by atomic mass is 10.1. The van der Waals surface area contributed by atoms with Crippen LogP contribution in [-0.4, -0.2) is 5.60 Å². The molecule has 0 fully saturated rings. The summed E-state index contributed by atoms with van der Waals surface area (Å²) < 4.78 is 68.9. The molecule has 0 unspecified atom stereocenters. The van der Waals surface area contributed by atoms with Crippen molar-refractivity contribution in [3.63, 3.8) is 0 Å². The van der Waals surface area contributed by atoms with Gasteiger partial charge in [-0.2, -0.15) is 14.0 Å². The zero-order chi connectivity index (χ0) is 13.4. The molecule has 0 aromatic heterocycles. The third-order valence-electron chi connectivity index (χ3n) is 1.80. The first kappa shape index (κ1) is 13.2. The van der Waals surface area contributed by atoms with Crippen LogP contribution in [0.5, 0.6) is 5.75 Å². The number of halogens is 5. The van der Waals surface area contributed by atoms with Crippen molar-refractivity contribution in [1.29, 1.82) is 5.26 Å². The second-order valence-corrected chi connectivity index (χ2v) is 3.62. The van der Waals surface area contributed by atoms with E-state index in [4.69, 9.17) is 5.26 Å². The average Bonchev–Trinajstić information content (AvgIpc) is 2.30. The van der Waals surface area contributed by atoms with Crippen molar-refractivity contribution in [3.05, 3.63) is 29.1 Å². The van der Waals surface area contributed by atoms with Gasteiger partial charge in [-0.05, 0) is 13.8 Å². The van der Waals surface area contributed by atoms with Crippen LogP contribution >= 0.6 is 0 Å².